The summed E-state index contributed by atoms with van der Waals surface area (Å²) in [5.74, 6) is -1.93. The van der Waals surface area contributed by atoms with Crippen molar-refractivity contribution >= 4 is 40.7 Å². The largest absolute Gasteiger partial charge is 0.479 e. The van der Waals surface area contributed by atoms with Gasteiger partial charge in [0, 0.05) is 17.7 Å². The van der Waals surface area contributed by atoms with Crippen molar-refractivity contribution in [3.8, 4) is 6.07 Å². The molecule has 1 aliphatic heterocycles. The second-order valence-electron chi connectivity index (χ2n) is 11.2. The van der Waals surface area contributed by atoms with Crippen LogP contribution in [0.3, 0.4) is 0 Å². The number of carboxylic acid groups (broad SMARTS) is 1. The van der Waals surface area contributed by atoms with E-state index in [0.29, 0.717) is 16.8 Å². The number of alkyl halides is 3. The number of amidine groups is 1. The molecule has 3 aromatic carbocycles. The smallest absolute Gasteiger partial charge is 0.417 e. The van der Waals surface area contributed by atoms with Crippen molar-refractivity contribution in [1.29, 1.82) is 5.26 Å². The van der Waals surface area contributed by atoms with E-state index in [2.05, 4.69) is 21.7 Å². The monoisotopic (exact) mass is 645 g/mol. The van der Waals surface area contributed by atoms with Gasteiger partial charge in [-0.15, -0.1) is 0 Å². The highest BCUT2D eigenvalue weighted by Gasteiger charge is 2.35. The minimum Gasteiger partial charge on any atom is -0.479 e. The number of hydrogen-bond acceptors (Lipinski definition) is 6. The molecule has 0 bridgehead atoms. The number of hydrogen-bond donors (Lipinski definition) is 4. The second-order valence-corrected chi connectivity index (χ2v) is 11.2. The third kappa shape index (κ3) is 7.85. The van der Waals surface area contributed by atoms with Gasteiger partial charge in [-0.1, -0.05) is 30.3 Å². The highest BCUT2D eigenvalue weighted by atomic mass is 19.4. The van der Waals surface area contributed by atoms with Gasteiger partial charge in [0.15, 0.2) is 6.10 Å². The maximum atomic E-state index is 13.7. The third-order valence-electron chi connectivity index (χ3n) is 7.89. The zero-order valence-electron chi connectivity index (χ0n) is 25.0. The molecule has 5 rings (SSSR count). The van der Waals surface area contributed by atoms with Crippen molar-refractivity contribution < 1.29 is 37.8 Å². The Morgan fingerprint density at radius 2 is 1.77 bits per heavy atom. The van der Waals surface area contributed by atoms with Crippen molar-refractivity contribution in [1.82, 2.24) is 10.6 Å². The van der Waals surface area contributed by atoms with Crippen molar-refractivity contribution in [2.24, 2.45) is 4.99 Å². The number of allylic oxidation sites excluding steroid dienone is 2. The number of urea groups is 1. The number of rotatable bonds is 8. The van der Waals surface area contributed by atoms with E-state index >= 15 is 0 Å². The third-order valence-corrected chi connectivity index (χ3v) is 7.89. The lowest BCUT2D eigenvalue weighted by Gasteiger charge is -2.24. The van der Waals surface area contributed by atoms with E-state index in [4.69, 9.17) is 5.11 Å². The summed E-state index contributed by atoms with van der Waals surface area (Å²) in [4.78, 5) is 42.6. The number of carbonyl (C=O) groups is 3. The second kappa shape index (κ2) is 13.9. The topological polar surface area (TPSA) is 155 Å². The SMILES string of the molecule is N#Cc1cc2c(cc1C(F)(F)F)N=C(NC(=O)N(Cc1ccc(C(=O)NC[C@@H](O)C(=O)O)cc1)c1ccc(C3=CCCCC3)cc1)C2. The summed E-state index contributed by atoms with van der Waals surface area (Å²) in [5.41, 5.74) is 2.43. The number of nitriles is 1. The van der Waals surface area contributed by atoms with Gasteiger partial charge < -0.3 is 15.5 Å². The van der Waals surface area contributed by atoms with Crippen LogP contribution in [0.4, 0.5) is 29.3 Å². The molecule has 0 saturated carbocycles. The van der Waals surface area contributed by atoms with Crippen LogP contribution in [-0.4, -0.2) is 46.6 Å². The Kier molecular flexibility index (Phi) is 9.72. The molecular weight excluding hydrogens is 615 g/mol. The molecule has 242 valence electrons. The summed E-state index contributed by atoms with van der Waals surface area (Å²) in [5, 5.41) is 32.5. The lowest BCUT2D eigenvalue weighted by molar-refractivity contribution is -0.146. The molecule has 10 nitrogen and oxygen atoms in total. The number of aliphatic hydroxyl groups excluding tert-OH is 1. The van der Waals surface area contributed by atoms with Gasteiger partial charge in [-0.3, -0.25) is 15.0 Å². The Morgan fingerprint density at radius 3 is 2.38 bits per heavy atom. The Morgan fingerprint density at radius 1 is 1.04 bits per heavy atom. The zero-order chi connectivity index (χ0) is 33.7. The van der Waals surface area contributed by atoms with Crippen LogP contribution in [0.1, 0.15) is 63.9 Å². The highest BCUT2D eigenvalue weighted by molar-refractivity contribution is 6.07. The van der Waals surface area contributed by atoms with E-state index in [1.54, 1.807) is 30.3 Å². The maximum absolute atomic E-state index is 13.7. The molecule has 3 amide bonds. The Balaban J connectivity index is 1.37. The van der Waals surface area contributed by atoms with Crippen LogP contribution >= 0.6 is 0 Å². The molecule has 0 saturated heterocycles. The first kappa shape index (κ1) is 32.9. The standard InChI is InChI=1S/C34H30F3N5O5/c35-34(36,37)27-16-28-24(14-25(27)17-38)15-30(40-28)41-33(47)42(26-12-10-22(11-13-26)21-4-2-1-3-5-21)19-20-6-8-23(9-7-20)31(44)39-18-29(43)32(45)46/h4,6-14,16,29,43H,1-3,5,15,18-19H2,(H,39,44)(H,45,46)(H,40,41,47)/t29-/m1/s1. The quantitative estimate of drug-likeness (QED) is 0.246. The minimum absolute atomic E-state index is 0.0213. The molecule has 0 fully saturated rings. The lowest BCUT2D eigenvalue weighted by atomic mass is 9.93. The fraction of sp³-hybridized carbons (Fsp3) is 0.265. The van der Waals surface area contributed by atoms with Crippen molar-refractivity contribution in [2.45, 2.75) is 50.9 Å². The van der Waals surface area contributed by atoms with Crippen molar-refractivity contribution in [3.05, 3.63) is 100 Å². The average Bonchev–Trinajstić information content (AvgIpc) is 3.46. The molecule has 0 aromatic heterocycles. The minimum atomic E-state index is -4.74. The van der Waals surface area contributed by atoms with Crippen LogP contribution in [0.5, 0.6) is 0 Å². The Labute approximate surface area is 267 Å². The van der Waals surface area contributed by atoms with Gasteiger partial charge in [-0.05, 0) is 84.3 Å². The van der Waals surface area contributed by atoms with Crippen LogP contribution in [0, 0.1) is 11.3 Å². The summed E-state index contributed by atoms with van der Waals surface area (Å²) >= 11 is 0. The van der Waals surface area contributed by atoms with Crippen molar-refractivity contribution in [2.75, 3.05) is 11.4 Å². The van der Waals surface area contributed by atoms with E-state index in [1.807, 2.05) is 12.1 Å². The summed E-state index contributed by atoms with van der Waals surface area (Å²) < 4.78 is 40.5. The number of aliphatic imine (C=N–C) groups is 1. The van der Waals surface area contributed by atoms with Crippen LogP contribution < -0.4 is 15.5 Å². The molecule has 13 heteroatoms. The van der Waals surface area contributed by atoms with E-state index < -0.39 is 47.9 Å². The van der Waals surface area contributed by atoms with Crippen LogP contribution in [0.25, 0.3) is 5.57 Å². The molecular formula is C34H30F3N5O5. The molecule has 3 aromatic rings. The zero-order valence-corrected chi connectivity index (χ0v) is 25.0. The number of nitrogens with zero attached hydrogens (tertiary/aromatic N) is 3. The van der Waals surface area contributed by atoms with Gasteiger partial charge >= 0.3 is 18.2 Å². The van der Waals surface area contributed by atoms with Gasteiger partial charge in [0.25, 0.3) is 5.91 Å². The number of halogens is 3. The van der Waals surface area contributed by atoms with Gasteiger partial charge in [0.1, 0.15) is 5.84 Å². The summed E-state index contributed by atoms with van der Waals surface area (Å²) in [7, 11) is 0. The maximum Gasteiger partial charge on any atom is 0.417 e. The predicted molar refractivity (Wildman–Crippen MR) is 167 cm³/mol. The summed E-state index contributed by atoms with van der Waals surface area (Å²) in [6, 6.07) is 16.6. The molecule has 1 heterocycles. The summed E-state index contributed by atoms with van der Waals surface area (Å²) in [6.45, 7) is -0.426. The van der Waals surface area contributed by atoms with E-state index in [1.165, 1.54) is 22.6 Å². The number of aliphatic hydroxyl groups is 1. The first-order valence-corrected chi connectivity index (χ1v) is 14.8. The van der Waals surface area contributed by atoms with Crippen LogP contribution in [-0.2, 0) is 23.9 Å². The van der Waals surface area contributed by atoms with Gasteiger partial charge in [-0.25, -0.2) is 14.6 Å². The highest BCUT2D eigenvalue weighted by Crippen LogP contribution is 2.38. The first-order chi connectivity index (χ1) is 22.4. The normalized spacial score (nSPS) is 14.6. The first-order valence-electron chi connectivity index (χ1n) is 14.8. The summed E-state index contributed by atoms with van der Waals surface area (Å²) in [6.07, 6.45) is -0.0503. The van der Waals surface area contributed by atoms with E-state index in [9.17, 15) is 37.9 Å². The molecule has 1 atom stereocenters. The fourth-order valence-corrected chi connectivity index (χ4v) is 5.39. The molecule has 47 heavy (non-hydrogen) atoms. The van der Waals surface area contributed by atoms with Crippen molar-refractivity contribution in [3.63, 3.8) is 0 Å². The Bertz CT molecular complexity index is 1790. The number of carbonyl (C=O) groups excluding carboxylic acids is 2. The predicted octanol–water partition coefficient (Wildman–Crippen LogP) is 5.71. The molecule has 0 spiro atoms. The fourth-order valence-electron chi connectivity index (χ4n) is 5.39. The molecule has 0 unspecified atom stereocenters. The van der Waals surface area contributed by atoms with Crippen LogP contribution in [0.2, 0.25) is 0 Å². The van der Waals surface area contributed by atoms with Gasteiger partial charge in [0.05, 0.1) is 36.0 Å². The number of nitrogens with one attached hydrogen (secondary N) is 2. The molecule has 4 N–H and O–H groups in total. The number of benzene rings is 3. The average molecular weight is 646 g/mol. The van der Waals surface area contributed by atoms with Crippen LogP contribution in [0.15, 0.2) is 71.7 Å². The van der Waals surface area contributed by atoms with Gasteiger partial charge in [-0.2, -0.15) is 18.4 Å². The number of fused-ring (bicyclic) bond motifs is 1. The number of amides is 3. The molecule has 1 aliphatic carbocycles. The number of aliphatic carboxylic acids is 1. The van der Waals surface area contributed by atoms with E-state index in [0.717, 1.165) is 43.4 Å². The molecule has 0 radical (unpaired) electrons. The number of carboxylic acids is 1. The number of anilines is 1. The lowest BCUT2D eigenvalue weighted by Crippen LogP contribution is -2.42. The molecule has 2 aliphatic rings. The Hall–Kier alpha value is -5.48. The van der Waals surface area contributed by atoms with E-state index in [-0.39, 0.29) is 30.1 Å². The van der Waals surface area contributed by atoms with Gasteiger partial charge in [0.2, 0.25) is 0 Å².